The van der Waals surface area contributed by atoms with E-state index in [1.165, 1.54) is 19.1 Å². The number of benzene rings is 2. The maximum atomic E-state index is 12.7. The predicted molar refractivity (Wildman–Crippen MR) is 97.4 cm³/mol. The Morgan fingerprint density at radius 3 is 2.08 bits per heavy atom. The van der Waals surface area contributed by atoms with Crippen LogP contribution in [-0.2, 0) is 20.0 Å². The number of hydrogen-bond donors (Lipinski definition) is 0. The largest absolute Gasteiger partial charge is 0.379 e. The van der Waals surface area contributed by atoms with Gasteiger partial charge in [0.1, 0.15) is 10.6 Å². The molecule has 0 saturated heterocycles. The van der Waals surface area contributed by atoms with Gasteiger partial charge in [-0.05, 0) is 60.7 Å². The quantitative estimate of drug-likeness (QED) is 0.739. The van der Waals surface area contributed by atoms with Gasteiger partial charge in [0.15, 0.2) is 9.84 Å². The van der Waals surface area contributed by atoms with Gasteiger partial charge in [-0.25, -0.2) is 8.42 Å². The summed E-state index contributed by atoms with van der Waals surface area (Å²) in [5, 5.41) is 0. The Labute approximate surface area is 149 Å². The molecule has 0 radical (unpaired) electrons. The Kier molecular flexibility index (Phi) is 5.30. The maximum Gasteiger partial charge on any atom is 0.339 e. The van der Waals surface area contributed by atoms with Crippen LogP contribution < -0.4 is 4.18 Å². The molecule has 2 rings (SSSR count). The summed E-state index contributed by atoms with van der Waals surface area (Å²) in [5.74, 6) is 0.428. The van der Waals surface area contributed by atoms with Crippen LogP contribution in [-0.4, -0.2) is 23.1 Å². The molecule has 25 heavy (non-hydrogen) atoms. The molecule has 136 valence electrons. The highest BCUT2D eigenvalue weighted by Gasteiger charge is 2.25. The first-order valence-corrected chi connectivity index (χ1v) is 11.1. The van der Waals surface area contributed by atoms with Crippen LogP contribution in [0.2, 0.25) is 0 Å². The van der Waals surface area contributed by atoms with Crippen LogP contribution in [0.5, 0.6) is 5.75 Å². The van der Waals surface area contributed by atoms with Crippen LogP contribution >= 0.6 is 0 Å². The van der Waals surface area contributed by atoms with Gasteiger partial charge < -0.3 is 4.18 Å². The Morgan fingerprint density at radius 2 is 1.52 bits per heavy atom. The van der Waals surface area contributed by atoms with E-state index in [0.29, 0.717) is 5.56 Å². The Hall–Kier alpha value is -1.86. The summed E-state index contributed by atoms with van der Waals surface area (Å²) in [6, 6.07) is 9.74. The molecule has 0 fully saturated rings. The van der Waals surface area contributed by atoms with Crippen molar-refractivity contribution in [1.82, 2.24) is 0 Å². The van der Waals surface area contributed by atoms with E-state index >= 15 is 0 Å². The van der Waals surface area contributed by atoms with E-state index in [1.54, 1.807) is 25.1 Å². The van der Waals surface area contributed by atoms with Crippen molar-refractivity contribution in [2.75, 3.05) is 6.26 Å². The molecule has 0 spiro atoms. The standard InChI is InChI=1S/C18H22O5S2/c1-12(2)15-7-6-8-16(11-15)23-25(21,22)18-10-13(3)9-17(14(18)4)24(5,19)20/h6-12H,1-5H3. The zero-order chi connectivity index (χ0) is 19.0. The molecule has 0 bridgehead atoms. The van der Waals surface area contributed by atoms with Gasteiger partial charge in [-0.1, -0.05) is 26.0 Å². The van der Waals surface area contributed by atoms with Crippen molar-refractivity contribution < 1.29 is 21.0 Å². The highest BCUT2D eigenvalue weighted by atomic mass is 32.2. The number of hydrogen-bond acceptors (Lipinski definition) is 5. The van der Waals surface area contributed by atoms with Crippen molar-refractivity contribution in [2.45, 2.75) is 43.4 Å². The molecule has 0 aliphatic rings. The Bertz CT molecular complexity index is 1000. The van der Waals surface area contributed by atoms with Gasteiger partial charge in [-0.15, -0.1) is 0 Å². The lowest BCUT2D eigenvalue weighted by Crippen LogP contribution is -2.14. The summed E-state index contributed by atoms with van der Waals surface area (Å²) < 4.78 is 54.6. The van der Waals surface area contributed by atoms with Crippen molar-refractivity contribution in [3.05, 3.63) is 53.1 Å². The molecule has 0 unspecified atom stereocenters. The fraction of sp³-hybridized carbons (Fsp3) is 0.333. The second-order valence-corrected chi connectivity index (χ2v) is 9.92. The van der Waals surface area contributed by atoms with Crippen LogP contribution in [0.1, 0.15) is 36.5 Å². The van der Waals surface area contributed by atoms with Gasteiger partial charge in [0.05, 0.1) is 4.90 Å². The van der Waals surface area contributed by atoms with E-state index in [-0.39, 0.29) is 27.0 Å². The van der Waals surface area contributed by atoms with Gasteiger partial charge >= 0.3 is 10.1 Å². The van der Waals surface area contributed by atoms with Crippen molar-refractivity contribution >= 4 is 20.0 Å². The SMILES string of the molecule is Cc1cc(S(C)(=O)=O)c(C)c(S(=O)(=O)Oc2cccc(C(C)C)c2)c1. The molecular weight excluding hydrogens is 360 g/mol. The first kappa shape index (κ1) is 19.5. The van der Waals surface area contributed by atoms with E-state index in [4.69, 9.17) is 4.18 Å². The minimum Gasteiger partial charge on any atom is -0.379 e. The van der Waals surface area contributed by atoms with E-state index in [1.807, 2.05) is 19.9 Å². The molecule has 0 amide bonds. The highest BCUT2D eigenvalue weighted by Crippen LogP contribution is 2.28. The third-order valence-electron chi connectivity index (χ3n) is 3.86. The fourth-order valence-corrected chi connectivity index (χ4v) is 4.93. The lowest BCUT2D eigenvalue weighted by atomic mass is 10.0. The van der Waals surface area contributed by atoms with Crippen LogP contribution in [0, 0.1) is 13.8 Å². The molecule has 2 aromatic carbocycles. The van der Waals surface area contributed by atoms with Crippen molar-refractivity contribution in [1.29, 1.82) is 0 Å². The molecule has 5 nitrogen and oxygen atoms in total. The summed E-state index contributed by atoms with van der Waals surface area (Å²) >= 11 is 0. The minimum atomic E-state index is -4.16. The summed E-state index contributed by atoms with van der Waals surface area (Å²) in [5.41, 5.74) is 1.64. The summed E-state index contributed by atoms with van der Waals surface area (Å²) in [6.45, 7) is 7.11. The third kappa shape index (κ3) is 4.41. The fourth-order valence-electron chi connectivity index (χ4n) is 2.54. The zero-order valence-corrected chi connectivity index (χ0v) is 16.5. The molecule has 0 aromatic heterocycles. The van der Waals surface area contributed by atoms with Crippen molar-refractivity contribution in [2.24, 2.45) is 0 Å². The summed E-state index contributed by atoms with van der Waals surface area (Å²) in [7, 11) is -7.71. The normalized spacial score (nSPS) is 12.4. The molecule has 7 heteroatoms. The van der Waals surface area contributed by atoms with Crippen molar-refractivity contribution in [3.8, 4) is 5.75 Å². The monoisotopic (exact) mass is 382 g/mol. The Morgan fingerprint density at radius 1 is 0.920 bits per heavy atom. The maximum absolute atomic E-state index is 12.7. The molecule has 0 aliphatic heterocycles. The van der Waals surface area contributed by atoms with Crippen LogP contribution in [0.15, 0.2) is 46.2 Å². The molecule has 2 aromatic rings. The molecule has 0 saturated carbocycles. The zero-order valence-electron chi connectivity index (χ0n) is 14.9. The topological polar surface area (TPSA) is 77.5 Å². The van der Waals surface area contributed by atoms with Crippen LogP contribution in [0.25, 0.3) is 0 Å². The summed E-state index contributed by atoms with van der Waals surface area (Å²) in [4.78, 5) is -0.145. The van der Waals surface area contributed by atoms with Gasteiger partial charge in [-0.3, -0.25) is 0 Å². The van der Waals surface area contributed by atoms with Gasteiger partial charge in [0.2, 0.25) is 0 Å². The van der Waals surface area contributed by atoms with E-state index in [9.17, 15) is 16.8 Å². The van der Waals surface area contributed by atoms with Crippen LogP contribution in [0.4, 0.5) is 0 Å². The summed E-state index contributed by atoms with van der Waals surface area (Å²) in [6.07, 6.45) is 1.05. The number of aryl methyl sites for hydroxylation is 1. The van der Waals surface area contributed by atoms with Gasteiger partial charge in [0.25, 0.3) is 0 Å². The average Bonchev–Trinajstić information content (AvgIpc) is 2.47. The van der Waals surface area contributed by atoms with Crippen molar-refractivity contribution in [3.63, 3.8) is 0 Å². The lowest BCUT2D eigenvalue weighted by Gasteiger charge is -2.14. The lowest BCUT2D eigenvalue weighted by molar-refractivity contribution is 0.484. The van der Waals surface area contributed by atoms with Crippen LogP contribution in [0.3, 0.4) is 0 Å². The smallest absolute Gasteiger partial charge is 0.339 e. The molecular formula is C18H22O5S2. The molecule has 0 aliphatic carbocycles. The molecule has 0 heterocycles. The average molecular weight is 383 g/mol. The van der Waals surface area contributed by atoms with Gasteiger partial charge in [0, 0.05) is 6.26 Å². The highest BCUT2D eigenvalue weighted by molar-refractivity contribution is 7.91. The first-order valence-electron chi connectivity index (χ1n) is 7.77. The second kappa shape index (κ2) is 6.80. The minimum absolute atomic E-state index is 0.00870. The van der Waals surface area contributed by atoms with Gasteiger partial charge in [-0.2, -0.15) is 8.42 Å². The molecule has 0 N–H and O–H groups in total. The number of rotatable bonds is 5. The number of sulfone groups is 1. The van der Waals surface area contributed by atoms with E-state index in [0.717, 1.165) is 11.8 Å². The first-order chi connectivity index (χ1) is 11.4. The predicted octanol–water partition coefficient (Wildman–Crippen LogP) is 3.60. The van der Waals surface area contributed by atoms with E-state index < -0.39 is 20.0 Å². The van der Waals surface area contributed by atoms with E-state index in [2.05, 4.69) is 0 Å². The second-order valence-electron chi connectivity index (χ2n) is 6.42. The molecule has 0 atom stereocenters. The third-order valence-corrected chi connectivity index (χ3v) is 6.45. The Balaban J connectivity index is 2.54.